The molecule has 0 unspecified atom stereocenters. The van der Waals surface area contributed by atoms with Crippen molar-refractivity contribution in [1.29, 1.82) is 0 Å². The molecule has 3 heteroatoms. The highest BCUT2D eigenvalue weighted by Gasteiger charge is 2.15. The van der Waals surface area contributed by atoms with E-state index in [1.165, 1.54) is 0 Å². The van der Waals surface area contributed by atoms with Gasteiger partial charge in [-0.25, -0.2) is 0 Å². The number of amides is 1. The number of nitrogens with two attached hydrogens (primary N) is 1. The van der Waals surface area contributed by atoms with Crippen molar-refractivity contribution in [3.05, 3.63) is 0 Å². The van der Waals surface area contributed by atoms with Crippen LogP contribution in [-0.2, 0) is 4.79 Å². The summed E-state index contributed by atoms with van der Waals surface area (Å²) in [5.41, 5.74) is 5.01. The molecule has 0 rings (SSSR count). The van der Waals surface area contributed by atoms with Gasteiger partial charge in [0.1, 0.15) is 0 Å². The summed E-state index contributed by atoms with van der Waals surface area (Å²) in [5.74, 6) is -0.0909. The van der Waals surface area contributed by atoms with Gasteiger partial charge in [-0.1, -0.05) is 6.92 Å². The Morgan fingerprint density at radius 2 is 2.10 bits per heavy atom. The lowest BCUT2D eigenvalue weighted by atomic mass is 10.0. The predicted octanol–water partition coefficient (Wildman–Crippen LogP) is 0.250. The molecule has 0 aliphatic carbocycles. The minimum Gasteiger partial charge on any atom is -0.350 e. The van der Waals surface area contributed by atoms with E-state index in [2.05, 4.69) is 5.32 Å². The summed E-state index contributed by atoms with van der Waals surface area (Å²) >= 11 is 0. The lowest BCUT2D eigenvalue weighted by molar-refractivity contribution is -0.121. The quantitative estimate of drug-likeness (QED) is 0.596. The van der Waals surface area contributed by atoms with Crippen molar-refractivity contribution in [2.24, 2.45) is 5.73 Å². The molecule has 0 aromatic carbocycles. The molecule has 0 aliphatic rings. The first-order chi connectivity index (χ1) is 4.52. The van der Waals surface area contributed by atoms with Crippen LogP contribution in [0.25, 0.3) is 0 Å². The van der Waals surface area contributed by atoms with Gasteiger partial charge in [0.2, 0.25) is 5.91 Å². The van der Waals surface area contributed by atoms with Crippen LogP contribution >= 0.6 is 0 Å². The Balaban J connectivity index is 3.76. The van der Waals surface area contributed by atoms with E-state index in [0.717, 1.165) is 6.42 Å². The SMILES string of the molecule is CCC(C)(C)NC(=O)CN. The Morgan fingerprint density at radius 1 is 1.60 bits per heavy atom. The largest absolute Gasteiger partial charge is 0.350 e. The van der Waals surface area contributed by atoms with Gasteiger partial charge in [-0.3, -0.25) is 4.79 Å². The molecule has 0 fully saturated rings. The van der Waals surface area contributed by atoms with Crippen LogP contribution in [0.4, 0.5) is 0 Å². The fraction of sp³-hybridized carbons (Fsp3) is 0.857. The first-order valence-electron chi connectivity index (χ1n) is 3.53. The summed E-state index contributed by atoms with van der Waals surface area (Å²) in [5, 5.41) is 2.79. The Morgan fingerprint density at radius 3 is 2.40 bits per heavy atom. The maximum atomic E-state index is 10.8. The van der Waals surface area contributed by atoms with Gasteiger partial charge >= 0.3 is 0 Å². The van der Waals surface area contributed by atoms with E-state index in [4.69, 9.17) is 5.73 Å². The summed E-state index contributed by atoms with van der Waals surface area (Å²) in [6.45, 7) is 6.04. The number of carbonyl (C=O) groups is 1. The second-order valence-electron chi connectivity index (χ2n) is 2.99. The molecule has 3 N–H and O–H groups in total. The van der Waals surface area contributed by atoms with E-state index in [-0.39, 0.29) is 18.0 Å². The summed E-state index contributed by atoms with van der Waals surface area (Å²) in [6, 6.07) is 0. The molecule has 60 valence electrons. The average Bonchev–Trinajstić information content (AvgIpc) is 1.87. The highest BCUT2D eigenvalue weighted by Crippen LogP contribution is 2.05. The van der Waals surface area contributed by atoms with Gasteiger partial charge in [0, 0.05) is 5.54 Å². The number of hydrogen-bond acceptors (Lipinski definition) is 2. The molecule has 0 spiro atoms. The van der Waals surface area contributed by atoms with E-state index in [9.17, 15) is 4.79 Å². The third kappa shape index (κ3) is 3.45. The zero-order valence-corrected chi connectivity index (χ0v) is 6.90. The third-order valence-electron chi connectivity index (χ3n) is 1.55. The van der Waals surface area contributed by atoms with Crippen molar-refractivity contribution in [1.82, 2.24) is 5.32 Å². The second kappa shape index (κ2) is 3.56. The number of carbonyl (C=O) groups excluding carboxylic acids is 1. The van der Waals surface area contributed by atoms with Crippen LogP contribution in [0, 0.1) is 0 Å². The van der Waals surface area contributed by atoms with Crippen molar-refractivity contribution >= 4 is 5.91 Å². The molecule has 0 heterocycles. The highest BCUT2D eigenvalue weighted by molar-refractivity contribution is 5.78. The van der Waals surface area contributed by atoms with Crippen LogP contribution in [-0.4, -0.2) is 18.0 Å². The molecular weight excluding hydrogens is 128 g/mol. The molecule has 0 aromatic heterocycles. The summed E-state index contributed by atoms with van der Waals surface area (Å²) in [7, 11) is 0. The minimum atomic E-state index is -0.115. The van der Waals surface area contributed by atoms with E-state index in [0.29, 0.717) is 0 Å². The van der Waals surface area contributed by atoms with Crippen molar-refractivity contribution < 1.29 is 4.79 Å². The van der Waals surface area contributed by atoms with Gasteiger partial charge in [0.25, 0.3) is 0 Å². The monoisotopic (exact) mass is 144 g/mol. The van der Waals surface area contributed by atoms with E-state index >= 15 is 0 Å². The summed E-state index contributed by atoms with van der Waals surface area (Å²) in [4.78, 5) is 10.8. The predicted molar refractivity (Wildman–Crippen MR) is 41.6 cm³/mol. The van der Waals surface area contributed by atoms with Gasteiger partial charge in [-0.2, -0.15) is 0 Å². The van der Waals surface area contributed by atoms with Crippen LogP contribution in [0.1, 0.15) is 27.2 Å². The Bertz CT molecular complexity index is 121. The van der Waals surface area contributed by atoms with Gasteiger partial charge in [0.05, 0.1) is 6.54 Å². The Hall–Kier alpha value is -0.570. The first kappa shape index (κ1) is 9.43. The number of rotatable bonds is 3. The third-order valence-corrected chi connectivity index (χ3v) is 1.55. The topological polar surface area (TPSA) is 55.1 Å². The fourth-order valence-corrected chi connectivity index (χ4v) is 0.517. The Labute approximate surface area is 62.0 Å². The molecule has 0 aliphatic heterocycles. The smallest absolute Gasteiger partial charge is 0.234 e. The molecule has 0 aromatic rings. The molecule has 0 bridgehead atoms. The zero-order valence-electron chi connectivity index (χ0n) is 6.90. The number of nitrogens with one attached hydrogen (secondary N) is 1. The first-order valence-corrected chi connectivity index (χ1v) is 3.53. The van der Waals surface area contributed by atoms with Crippen molar-refractivity contribution in [3.8, 4) is 0 Å². The average molecular weight is 144 g/mol. The second-order valence-corrected chi connectivity index (χ2v) is 2.99. The van der Waals surface area contributed by atoms with E-state index in [1.807, 2.05) is 20.8 Å². The molecule has 1 amide bonds. The van der Waals surface area contributed by atoms with Crippen LogP contribution in [0.5, 0.6) is 0 Å². The molecular formula is C7H16N2O. The summed E-state index contributed by atoms with van der Waals surface area (Å²) in [6.07, 6.45) is 0.915. The van der Waals surface area contributed by atoms with Crippen LogP contribution in [0.2, 0.25) is 0 Å². The molecule has 0 saturated carbocycles. The zero-order chi connectivity index (χ0) is 8.20. The normalized spacial score (nSPS) is 11.2. The van der Waals surface area contributed by atoms with Crippen molar-refractivity contribution in [2.45, 2.75) is 32.7 Å². The van der Waals surface area contributed by atoms with E-state index in [1.54, 1.807) is 0 Å². The number of hydrogen-bond donors (Lipinski definition) is 2. The summed E-state index contributed by atoms with van der Waals surface area (Å²) < 4.78 is 0. The lowest BCUT2D eigenvalue weighted by Gasteiger charge is -2.23. The highest BCUT2D eigenvalue weighted by atomic mass is 16.1. The van der Waals surface area contributed by atoms with Gasteiger partial charge in [-0.15, -0.1) is 0 Å². The minimum absolute atomic E-state index is 0.0728. The van der Waals surface area contributed by atoms with Gasteiger partial charge in [0.15, 0.2) is 0 Å². The molecule has 0 saturated heterocycles. The van der Waals surface area contributed by atoms with Crippen LogP contribution in [0.15, 0.2) is 0 Å². The van der Waals surface area contributed by atoms with Gasteiger partial charge in [-0.05, 0) is 20.3 Å². The molecule has 10 heavy (non-hydrogen) atoms. The van der Waals surface area contributed by atoms with Crippen molar-refractivity contribution in [3.63, 3.8) is 0 Å². The fourth-order valence-electron chi connectivity index (χ4n) is 0.517. The standard InChI is InChI=1S/C7H16N2O/c1-4-7(2,3)9-6(10)5-8/h4-5,8H2,1-3H3,(H,9,10). The van der Waals surface area contributed by atoms with Crippen LogP contribution < -0.4 is 11.1 Å². The molecule has 3 nitrogen and oxygen atoms in total. The maximum Gasteiger partial charge on any atom is 0.234 e. The Kier molecular flexibility index (Phi) is 3.36. The molecule has 0 radical (unpaired) electrons. The van der Waals surface area contributed by atoms with E-state index < -0.39 is 0 Å². The maximum absolute atomic E-state index is 10.8. The lowest BCUT2D eigenvalue weighted by Crippen LogP contribution is -2.45. The van der Waals surface area contributed by atoms with Crippen molar-refractivity contribution in [2.75, 3.05) is 6.54 Å². The van der Waals surface area contributed by atoms with Gasteiger partial charge < -0.3 is 11.1 Å². The molecule has 0 atom stereocenters. The van der Waals surface area contributed by atoms with Crippen LogP contribution in [0.3, 0.4) is 0 Å².